The lowest BCUT2D eigenvalue weighted by Gasteiger charge is -2.27. The SMILES string of the molecule is CCCCCCCC(CCCCCCC)P(O)C(=O)C[N+](C)(C)C. The number of nitrogens with zero attached hydrogens (tertiary/aromatic N) is 1. The summed E-state index contributed by atoms with van der Waals surface area (Å²) >= 11 is 0. The van der Waals surface area contributed by atoms with Crippen LogP contribution in [0.4, 0.5) is 0 Å². The molecule has 0 heterocycles. The third kappa shape index (κ3) is 13.3. The fourth-order valence-electron chi connectivity index (χ4n) is 3.04. The van der Waals surface area contributed by atoms with Gasteiger partial charge in [-0.3, -0.25) is 4.79 Å². The van der Waals surface area contributed by atoms with Crippen LogP contribution in [0, 0.1) is 0 Å². The van der Waals surface area contributed by atoms with Crippen LogP contribution in [0.3, 0.4) is 0 Å². The molecule has 0 aliphatic heterocycles. The van der Waals surface area contributed by atoms with Crippen LogP contribution in [0.5, 0.6) is 0 Å². The van der Waals surface area contributed by atoms with E-state index in [-0.39, 0.29) is 11.2 Å². The van der Waals surface area contributed by atoms with Crippen molar-refractivity contribution in [3.8, 4) is 0 Å². The average Bonchev–Trinajstić information content (AvgIpc) is 2.50. The van der Waals surface area contributed by atoms with E-state index in [9.17, 15) is 9.69 Å². The summed E-state index contributed by atoms with van der Waals surface area (Å²) < 4.78 is 0.609. The molecule has 0 aliphatic rings. The summed E-state index contributed by atoms with van der Waals surface area (Å²) in [5.41, 5.74) is 0.312. The summed E-state index contributed by atoms with van der Waals surface area (Å²) in [4.78, 5) is 23.1. The first kappa shape index (κ1) is 24.0. The number of hydrogen-bond donors (Lipinski definition) is 1. The third-order valence-corrected chi connectivity index (χ3v) is 6.35. The summed E-state index contributed by atoms with van der Waals surface area (Å²) in [6.45, 7) is 4.91. The Labute approximate surface area is 152 Å². The molecule has 3 nitrogen and oxygen atoms in total. The van der Waals surface area contributed by atoms with Gasteiger partial charge in [-0.05, 0) is 12.8 Å². The van der Waals surface area contributed by atoms with Crippen LogP contribution in [0.25, 0.3) is 0 Å². The summed E-state index contributed by atoms with van der Waals surface area (Å²) in [7, 11) is 4.59. The van der Waals surface area contributed by atoms with Crippen molar-refractivity contribution in [2.24, 2.45) is 0 Å². The maximum absolute atomic E-state index is 12.4. The minimum Gasteiger partial charge on any atom is -0.366 e. The summed E-state index contributed by atoms with van der Waals surface area (Å²) in [6.07, 6.45) is 14.6. The van der Waals surface area contributed by atoms with Crippen LogP contribution in [0.15, 0.2) is 0 Å². The molecular formula is C20H43NO2P+. The van der Waals surface area contributed by atoms with Crippen LogP contribution in [0.1, 0.15) is 90.9 Å². The Balaban J connectivity index is 4.39. The van der Waals surface area contributed by atoms with E-state index in [1.54, 1.807) is 0 Å². The highest BCUT2D eigenvalue weighted by Gasteiger charge is 2.29. The number of carbonyl (C=O) groups excluding carboxylic acids is 1. The largest absolute Gasteiger partial charge is 0.366 e. The summed E-state index contributed by atoms with van der Waals surface area (Å²) in [5, 5.41) is 0. The molecule has 0 aromatic heterocycles. The highest BCUT2D eigenvalue weighted by atomic mass is 31.1. The molecular weight excluding hydrogens is 317 g/mol. The van der Waals surface area contributed by atoms with Crippen LogP contribution in [-0.2, 0) is 4.79 Å². The van der Waals surface area contributed by atoms with Crippen LogP contribution in [0.2, 0.25) is 0 Å². The lowest BCUT2D eigenvalue weighted by atomic mass is 10.0. The predicted octanol–water partition coefficient (Wildman–Crippen LogP) is 5.70. The fourth-order valence-corrected chi connectivity index (χ4v) is 4.87. The van der Waals surface area contributed by atoms with Crippen molar-refractivity contribution in [2.45, 2.75) is 96.6 Å². The van der Waals surface area contributed by atoms with Gasteiger partial charge in [0.1, 0.15) is 14.7 Å². The van der Waals surface area contributed by atoms with E-state index in [0.29, 0.717) is 11.0 Å². The quantitative estimate of drug-likeness (QED) is 0.218. The van der Waals surface area contributed by atoms with E-state index in [0.717, 1.165) is 25.7 Å². The Morgan fingerprint density at radius 3 is 1.62 bits per heavy atom. The van der Waals surface area contributed by atoms with E-state index in [1.165, 1.54) is 51.4 Å². The number of carbonyl (C=O) groups is 1. The molecule has 0 bridgehead atoms. The topological polar surface area (TPSA) is 37.3 Å². The zero-order chi connectivity index (χ0) is 18.4. The Hall–Kier alpha value is 0.0200. The maximum atomic E-state index is 12.4. The Morgan fingerprint density at radius 1 is 0.833 bits per heavy atom. The molecule has 24 heavy (non-hydrogen) atoms. The molecule has 0 amide bonds. The third-order valence-electron chi connectivity index (χ3n) is 4.49. The number of rotatable bonds is 16. The lowest BCUT2D eigenvalue weighted by Crippen LogP contribution is -2.39. The van der Waals surface area contributed by atoms with Crippen LogP contribution < -0.4 is 0 Å². The monoisotopic (exact) mass is 360 g/mol. The van der Waals surface area contributed by atoms with E-state index >= 15 is 0 Å². The second-order valence-electron chi connectivity index (χ2n) is 8.25. The van der Waals surface area contributed by atoms with Crippen molar-refractivity contribution in [3.05, 3.63) is 0 Å². The van der Waals surface area contributed by atoms with E-state index < -0.39 is 8.15 Å². The molecule has 1 unspecified atom stereocenters. The number of unbranched alkanes of at least 4 members (excludes halogenated alkanes) is 8. The molecule has 1 atom stereocenters. The molecule has 0 rings (SSSR count). The highest BCUT2D eigenvalue weighted by Crippen LogP contribution is 2.43. The Kier molecular flexibility index (Phi) is 14.2. The fraction of sp³-hybridized carbons (Fsp3) is 0.950. The second-order valence-corrected chi connectivity index (χ2v) is 10.2. The Bertz CT molecular complexity index is 301. The minimum atomic E-state index is -1.47. The molecule has 0 fully saturated rings. The van der Waals surface area contributed by atoms with Gasteiger partial charge in [-0.1, -0.05) is 78.1 Å². The molecule has 0 aromatic carbocycles. The van der Waals surface area contributed by atoms with Crippen LogP contribution >= 0.6 is 8.15 Å². The maximum Gasteiger partial charge on any atom is 0.235 e. The number of quaternary nitrogens is 1. The van der Waals surface area contributed by atoms with Crippen molar-refractivity contribution >= 4 is 13.7 Å². The minimum absolute atomic E-state index is 0.0876. The van der Waals surface area contributed by atoms with Gasteiger partial charge in [-0.25, -0.2) is 0 Å². The van der Waals surface area contributed by atoms with Crippen molar-refractivity contribution in [1.29, 1.82) is 0 Å². The average molecular weight is 361 g/mol. The van der Waals surface area contributed by atoms with Crippen molar-refractivity contribution in [3.63, 3.8) is 0 Å². The molecule has 0 aromatic rings. The van der Waals surface area contributed by atoms with Crippen molar-refractivity contribution in [2.75, 3.05) is 27.7 Å². The van der Waals surface area contributed by atoms with Crippen LogP contribution in [-0.4, -0.2) is 48.2 Å². The summed E-state index contributed by atoms with van der Waals surface area (Å²) in [5.74, 6) is 0. The van der Waals surface area contributed by atoms with Gasteiger partial charge in [0.05, 0.1) is 21.1 Å². The molecule has 0 aliphatic carbocycles. The van der Waals surface area contributed by atoms with Gasteiger partial charge in [-0.15, -0.1) is 0 Å². The molecule has 1 N–H and O–H groups in total. The standard InChI is InChI=1S/C20H43NO2P/c1-6-8-10-12-14-16-19(17-15-13-11-9-7-2)24(23)20(22)18-21(3,4)5/h19,23H,6-18H2,1-5H3/q+1. The molecule has 144 valence electrons. The lowest BCUT2D eigenvalue weighted by molar-refractivity contribution is -0.861. The van der Waals surface area contributed by atoms with E-state index in [1.807, 2.05) is 21.1 Å². The number of hydrogen-bond acceptors (Lipinski definition) is 2. The van der Waals surface area contributed by atoms with E-state index in [2.05, 4.69) is 13.8 Å². The van der Waals surface area contributed by atoms with Gasteiger partial charge >= 0.3 is 0 Å². The van der Waals surface area contributed by atoms with Gasteiger partial charge in [-0.2, -0.15) is 0 Å². The molecule has 0 radical (unpaired) electrons. The molecule has 0 saturated heterocycles. The predicted molar refractivity (Wildman–Crippen MR) is 108 cm³/mol. The summed E-state index contributed by atoms with van der Waals surface area (Å²) in [6, 6.07) is 0. The van der Waals surface area contributed by atoms with Gasteiger partial charge in [0.2, 0.25) is 5.52 Å². The second kappa shape index (κ2) is 14.2. The van der Waals surface area contributed by atoms with Gasteiger partial charge < -0.3 is 9.38 Å². The zero-order valence-electron chi connectivity index (χ0n) is 17.0. The van der Waals surface area contributed by atoms with Gasteiger partial charge in [0, 0.05) is 5.66 Å². The number of likely N-dealkylation sites (N-methyl/N-ethyl adjacent to an activating group) is 1. The molecule has 0 spiro atoms. The zero-order valence-corrected chi connectivity index (χ0v) is 17.9. The van der Waals surface area contributed by atoms with Crippen molar-refractivity contribution < 1.29 is 14.2 Å². The molecule has 0 saturated carbocycles. The first-order chi connectivity index (χ1) is 11.3. The van der Waals surface area contributed by atoms with Gasteiger partial charge in [0.25, 0.3) is 0 Å². The smallest absolute Gasteiger partial charge is 0.235 e. The normalized spacial score (nSPS) is 13.5. The molecule has 4 heteroatoms. The first-order valence-corrected chi connectivity index (χ1v) is 11.5. The van der Waals surface area contributed by atoms with E-state index in [4.69, 9.17) is 0 Å². The van der Waals surface area contributed by atoms with Gasteiger partial charge in [0.15, 0.2) is 0 Å². The first-order valence-electron chi connectivity index (χ1n) is 10.1. The Morgan fingerprint density at radius 2 is 1.25 bits per heavy atom. The highest BCUT2D eigenvalue weighted by molar-refractivity contribution is 7.70. The van der Waals surface area contributed by atoms with Crippen molar-refractivity contribution in [1.82, 2.24) is 0 Å².